The maximum atomic E-state index is 6.48. The van der Waals surface area contributed by atoms with Crippen molar-refractivity contribution in [1.29, 1.82) is 0 Å². The van der Waals surface area contributed by atoms with E-state index in [-0.39, 0.29) is 58.8 Å². The molecule has 0 aliphatic heterocycles. The minimum Gasteiger partial charge on any atom is -0.107 e. The fourth-order valence-corrected chi connectivity index (χ4v) is 3.92. The van der Waals surface area contributed by atoms with Gasteiger partial charge in [0, 0.05) is 0 Å². The van der Waals surface area contributed by atoms with Gasteiger partial charge in [-0.15, -0.1) is 48.0 Å². The van der Waals surface area contributed by atoms with E-state index in [9.17, 15) is 0 Å². The molecule has 0 fully saturated rings. The zero-order chi connectivity index (χ0) is 16.5. The monoisotopic (exact) mass is 588 g/mol. The molecule has 0 aromatic heterocycles. The molecular formula is C20H30I2OTi. The molecule has 1 aliphatic carbocycles. The van der Waals surface area contributed by atoms with Gasteiger partial charge in [-0.25, -0.2) is 0 Å². The van der Waals surface area contributed by atoms with Gasteiger partial charge in [0.1, 0.15) is 0 Å². The van der Waals surface area contributed by atoms with Crippen LogP contribution in [0.5, 0.6) is 5.75 Å². The zero-order valence-electron chi connectivity index (χ0n) is 15.8. The van der Waals surface area contributed by atoms with Gasteiger partial charge in [0.2, 0.25) is 0 Å². The maximum Gasteiger partial charge on any atom is -0.107 e. The fraction of sp³-hybridized carbons (Fsp3) is 0.500. The Bertz CT molecular complexity index is 585. The summed E-state index contributed by atoms with van der Waals surface area (Å²) >= 11 is -0.546. The van der Waals surface area contributed by atoms with Gasteiger partial charge < -0.3 is 0 Å². The van der Waals surface area contributed by atoms with Gasteiger partial charge in [-0.3, -0.25) is 0 Å². The third-order valence-corrected chi connectivity index (χ3v) is 5.37. The van der Waals surface area contributed by atoms with Crippen LogP contribution < -0.4 is 3.32 Å². The molecule has 0 saturated carbocycles. The summed E-state index contributed by atoms with van der Waals surface area (Å²) in [5.41, 5.74) is 4.19. The van der Waals surface area contributed by atoms with Gasteiger partial charge in [0.15, 0.2) is 0 Å². The second-order valence-electron chi connectivity index (χ2n) is 8.22. The topological polar surface area (TPSA) is 9.23 Å². The van der Waals surface area contributed by atoms with Crippen molar-refractivity contribution >= 4 is 48.0 Å². The molecule has 1 aromatic rings. The quantitative estimate of drug-likeness (QED) is 0.272. The van der Waals surface area contributed by atoms with E-state index >= 15 is 0 Å². The Morgan fingerprint density at radius 1 is 0.917 bits per heavy atom. The molecule has 2 rings (SSSR count). The van der Waals surface area contributed by atoms with E-state index in [2.05, 4.69) is 78.8 Å². The minimum atomic E-state index is -0.546. The predicted molar refractivity (Wildman–Crippen MR) is 122 cm³/mol. The summed E-state index contributed by atoms with van der Waals surface area (Å²) in [5, 5.41) is 0. The number of hydrogen-bond donors (Lipinski definition) is 0. The van der Waals surface area contributed by atoms with Crippen LogP contribution >= 0.6 is 48.0 Å². The number of benzene rings is 1. The van der Waals surface area contributed by atoms with Gasteiger partial charge in [-0.2, -0.15) is 0 Å². The molecule has 0 saturated heterocycles. The van der Waals surface area contributed by atoms with Crippen molar-refractivity contribution < 1.29 is 22.9 Å². The minimum absolute atomic E-state index is 0. The maximum absolute atomic E-state index is 6.48. The van der Waals surface area contributed by atoms with E-state index in [0.717, 1.165) is 12.2 Å². The first kappa shape index (κ1) is 24.7. The van der Waals surface area contributed by atoms with E-state index in [1.165, 1.54) is 20.6 Å². The summed E-state index contributed by atoms with van der Waals surface area (Å²) in [6.45, 7) is 15.8. The van der Waals surface area contributed by atoms with Gasteiger partial charge >= 0.3 is 145 Å². The van der Waals surface area contributed by atoms with Crippen molar-refractivity contribution in [3.8, 4) is 5.75 Å². The molecule has 0 atom stereocenters. The van der Waals surface area contributed by atoms with Crippen molar-refractivity contribution in [2.45, 2.75) is 65.7 Å². The largest absolute Gasteiger partial charge is 0.107 e. The van der Waals surface area contributed by atoms with E-state index < -0.39 is 19.5 Å². The number of hydrogen-bond acceptors (Lipinski definition) is 1. The van der Waals surface area contributed by atoms with Crippen molar-refractivity contribution in [3.05, 3.63) is 50.9 Å². The smallest absolute Gasteiger partial charge is 0.107 e. The Hall–Kier alpha value is 0.674. The first-order valence-corrected chi connectivity index (χ1v) is 9.45. The molecule has 1 aliphatic rings. The molecule has 4 heteroatoms. The van der Waals surface area contributed by atoms with Crippen LogP contribution in [0.3, 0.4) is 0 Å². The van der Waals surface area contributed by atoms with Crippen molar-refractivity contribution in [2.75, 3.05) is 0 Å². The molecule has 0 N–H and O–H groups in total. The van der Waals surface area contributed by atoms with Crippen molar-refractivity contribution in [2.24, 2.45) is 0 Å². The van der Waals surface area contributed by atoms with Crippen LogP contribution in [0.2, 0.25) is 0 Å². The molecule has 0 spiro atoms. The molecule has 1 aromatic carbocycles. The third-order valence-electron chi connectivity index (χ3n) is 3.90. The second kappa shape index (κ2) is 9.56. The SMILES string of the molecule is Cc1cc(C(C)(C)C)c([O][Ti][C]2=CC=CC2)c(C(C)(C)C)c1.I.I. The summed E-state index contributed by atoms with van der Waals surface area (Å²) in [6, 6.07) is 4.61. The summed E-state index contributed by atoms with van der Waals surface area (Å²) in [4.78, 5) is 0. The number of allylic oxidation sites excluding steroid dienone is 4. The van der Waals surface area contributed by atoms with Gasteiger partial charge in [0.25, 0.3) is 0 Å². The average molecular weight is 588 g/mol. The third kappa shape index (κ3) is 6.44. The van der Waals surface area contributed by atoms with Crippen molar-refractivity contribution in [3.63, 3.8) is 0 Å². The molecule has 24 heavy (non-hydrogen) atoms. The molecule has 0 bridgehead atoms. The molecule has 134 valence electrons. The Balaban J connectivity index is 0.00000264. The first-order valence-electron chi connectivity index (χ1n) is 8.03. The standard InChI is InChI=1S/C15H24O.C5H5.2HI.Ti/c1-10-8-11(14(2,3)4)13(16)12(9-10)15(5,6)7;1-2-4-5-3-1;;;/h8-9,16H,1-7H3;1-3H,4H2;2*1H;/q;;;;+1/p-1. The Labute approximate surface area is 191 Å². The summed E-state index contributed by atoms with van der Waals surface area (Å²) in [6.07, 6.45) is 7.66. The van der Waals surface area contributed by atoms with Gasteiger partial charge in [-0.05, 0) is 0 Å². The Morgan fingerprint density at radius 2 is 1.42 bits per heavy atom. The zero-order valence-corrected chi connectivity index (χ0v) is 22.0. The molecule has 0 amide bonds. The fourth-order valence-electron chi connectivity index (χ4n) is 2.64. The Kier molecular flexibility index (Phi) is 9.83. The van der Waals surface area contributed by atoms with Crippen LogP contribution in [-0.2, 0) is 30.4 Å². The van der Waals surface area contributed by atoms with Crippen LogP contribution in [0.1, 0.15) is 64.7 Å². The van der Waals surface area contributed by atoms with Crippen LogP contribution in [0, 0.1) is 6.92 Å². The molecule has 0 radical (unpaired) electrons. The molecule has 1 nitrogen and oxygen atoms in total. The molecule has 0 unspecified atom stereocenters. The van der Waals surface area contributed by atoms with E-state index in [1.807, 2.05) is 0 Å². The van der Waals surface area contributed by atoms with E-state index in [0.29, 0.717) is 0 Å². The number of halogens is 2. The van der Waals surface area contributed by atoms with Crippen LogP contribution in [0.15, 0.2) is 34.2 Å². The summed E-state index contributed by atoms with van der Waals surface area (Å²) < 4.78 is 7.95. The second-order valence-corrected chi connectivity index (χ2v) is 9.86. The molecular weight excluding hydrogens is 558 g/mol. The summed E-state index contributed by atoms with van der Waals surface area (Å²) in [5.74, 6) is 1.14. The number of aryl methyl sites for hydroxylation is 1. The van der Waals surface area contributed by atoms with E-state index in [4.69, 9.17) is 3.32 Å². The van der Waals surface area contributed by atoms with Gasteiger partial charge in [0.05, 0.1) is 0 Å². The number of rotatable bonds is 3. The summed E-state index contributed by atoms with van der Waals surface area (Å²) in [7, 11) is 0. The van der Waals surface area contributed by atoms with Crippen LogP contribution in [-0.4, -0.2) is 0 Å². The predicted octanol–water partition coefficient (Wildman–Crippen LogP) is 7.05. The first-order chi connectivity index (χ1) is 10.1. The molecule has 0 heterocycles. The normalized spacial score (nSPS) is 13.7. The van der Waals surface area contributed by atoms with Crippen LogP contribution in [0.4, 0.5) is 0 Å². The Morgan fingerprint density at radius 3 is 1.79 bits per heavy atom. The average Bonchev–Trinajstić information content (AvgIpc) is 2.87. The van der Waals surface area contributed by atoms with E-state index in [1.54, 1.807) is 0 Å². The van der Waals surface area contributed by atoms with Crippen LogP contribution in [0.25, 0.3) is 0 Å². The van der Waals surface area contributed by atoms with Crippen molar-refractivity contribution in [1.82, 2.24) is 0 Å². The van der Waals surface area contributed by atoms with Gasteiger partial charge in [-0.1, -0.05) is 0 Å².